The van der Waals surface area contributed by atoms with Gasteiger partial charge in [0.25, 0.3) is 0 Å². The van der Waals surface area contributed by atoms with Crippen LogP contribution in [0.3, 0.4) is 0 Å². The fourth-order valence-corrected chi connectivity index (χ4v) is 2.10. The van der Waals surface area contributed by atoms with Crippen molar-refractivity contribution < 1.29 is 0 Å². The molecule has 1 aromatic rings. The van der Waals surface area contributed by atoms with Crippen LogP contribution in [0.4, 0.5) is 0 Å². The quantitative estimate of drug-likeness (QED) is 0.642. The maximum absolute atomic E-state index is 4.13. The molecule has 1 aromatic heterocycles. The van der Waals surface area contributed by atoms with Gasteiger partial charge in [0.15, 0.2) is 0 Å². The molecule has 1 heterocycles. The predicted molar refractivity (Wildman–Crippen MR) is 44.5 cm³/mol. The van der Waals surface area contributed by atoms with Gasteiger partial charge in [0.05, 0.1) is 4.21 Å². The van der Waals surface area contributed by atoms with Gasteiger partial charge < -0.3 is 0 Å². The molecule has 0 spiro atoms. The van der Waals surface area contributed by atoms with Gasteiger partial charge in [-0.3, -0.25) is 0 Å². The Morgan fingerprint density at radius 3 is 2.56 bits per heavy atom. The van der Waals surface area contributed by atoms with Gasteiger partial charge in [-0.15, -0.1) is 23.5 Å². The summed E-state index contributed by atoms with van der Waals surface area (Å²) in [5.41, 5.74) is 0. The Morgan fingerprint density at radius 1 is 1.44 bits per heavy atom. The Hall–Kier alpha value is 0.330. The Bertz CT molecular complexity index is 166. The summed E-state index contributed by atoms with van der Waals surface area (Å²) in [6.07, 6.45) is 4.05. The van der Waals surface area contributed by atoms with Gasteiger partial charge in [-0.25, -0.2) is 0 Å². The molecule has 0 aliphatic heterocycles. The fourth-order valence-electron chi connectivity index (χ4n) is 0.392. The minimum atomic E-state index is 1.00. The summed E-state index contributed by atoms with van der Waals surface area (Å²) in [4.78, 5) is 0. The molecule has 4 heteroatoms. The van der Waals surface area contributed by atoms with Crippen molar-refractivity contribution in [3.63, 3.8) is 0 Å². The molecule has 0 aromatic carbocycles. The first kappa shape index (κ1) is 7.44. The summed E-state index contributed by atoms with van der Waals surface area (Å²) in [6.45, 7) is 0. The highest BCUT2D eigenvalue weighted by Crippen LogP contribution is 2.24. The second-order valence-electron chi connectivity index (χ2n) is 1.31. The Kier molecular flexibility index (Phi) is 2.88. The van der Waals surface area contributed by atoms with Crippen molar-refractivity contribution in [2.45, 2.75) is 9.24 Å². The smallest absolute Gasteiger partial charge is 0.119 e. The molecule has 0 aliphatic carbocycles. The molecule has 0 aliphatic rings. The van der Waals surface area contributed by atoms with Crippen molar-refractivity contribution in [2.75, 3.05) is 12.5 Å². The molecule has 0 fully saturated rings. The van der Waals surface area contributed by atoms with Gasteiger partial charge in [-0.05, 0) is 24.0 Å². The van der Waals surface area contributed by atoms with Crippen molar-refractivity contribution in [1.82, 2.24) is 4.37 Å². The van der Waals surface area contributed by atoms with Crippen LogP contribution in [0.25, 0.3) is 0 Å². The number of rotatable bonds is 2. The topological polar surface area (TPSA) is 12.9 Å². The van der Waals surface area contributed by atoms with E-state index in [-0.39, 0.29) is 0 Å². The lowest BCUT2D eigenvalue weighted by atomic mass is 10.8. The van der Waals surface area contributed by atoms with Gasteiger partial charge in [0.1, 0.15) is 5.03 Å². The van der Waals surface area contributed by atoms with Gasteiger partial charge in [0.2, 0.25) is 0 Å². The van der Waals surface area contributed by atoms with Crippen LogP contribution in [0.15, 0.2) is 9.24 Å². The number of hydrogen-bond acceptors (Lipinski definition) is 4. The summed E-state index contributed by atoms with van der Waals surface area (Å²) in [7, 11) is 0. The molecule has 0 saturated heterocycles. The van der Waals surface area contributed by atoms with E-state index < -0.39 is 0 Å². The van der Waals surface area contributed by atoms with E-state index >= 15 is 0 Å². The highest BCUT2D eigenvalue weighted by atomic mass is 32.2. The number of hydrogen-bond donors (Lipinski definition) is 0. The normalized spacial score (nSPS) is 10.0. The average molecular weight is 176 g/mol. The minimum Gasteiger partial charge on any atom is -0.184 e. The molecule has 1 nitrogen and oxygen atoms in total. The highest BCUT2D eigenvalue weighted by Gasteiger charge is 1.97. The first-order valence-electron chi connectivity index (χ1n) is 2.34. The van der Waals surface area contributed by atoms with Crippen LogP contribution in [0.1, 0.15) is 0 Å². The first-order valence-corrected chi connectivity index (χ1v) is 5.56. The summed E-state index contributed by atoms with van der Waals surface area (Å²) in [5.74, 6) is 0. The Labute approximate surface area is 67.4 Å². The molecular formula is C5H6NS3. The maximum Gasteiger partial charge on any atom is 0.119 e. The number of nitrogens with zero attached hydrogens (tertiary/aromatic N) is 1. The van der Waals surface area contributed by atoms with Crippen LogP contribution >= 0.6 is 35.1 Å². The maximum atomic E-state index is 4.13. The molecule has 9 heavy (non-hydrogen) atoms. The predicted octanol–water partition coefficient (Wildman–Crippen LogP) is 2.39. The average Bonchev–Trinajstić information content (AvgIpc) is 2.34. The zero-order chi connectivity index (χ0) is 6.69. The van der Waals surface area contributed by atoms with Crippen molar-refractivity contribution in [3.05, 3.63) is 6.07 Å². The summed E-state index contributed by atoms with van der Waals surface area (Å²) in [5, 5.41) is 1.00. The van der Waals surface area contributed by atoms with E-state index in [1.54, 1.807) is 23.5 Å². The molecule has 0 N–H and O–H groups in total. The minimum absolute atomic E-state index is 1.00. The van der Waals surface area contributed by atoms with Crippen molar-refractivity contribution >= 4 is 35.1 Å². The molecule has 0 bridgehead atoms. The van der Waals surface area contributed by atoms with E-state index in [0.29, 0.717) is 0 Å². The van der Waals surface area contributed by atoms with Crippen molar-refractivity contribution in [2.24, 2.45) is 0 Å². The third-order valence-corrected chi connectivity index (χ3v) is 3.23. The van der Waals surface area contributed by atoms with E-state index in [4.69, 9.17) is 0 Å². The van der Waals surface area contributed by atoms with Gasteiger partial charge in [-0.1, -0.05) is 0 Å². The largest absolute Gasteiger partial charge is 0.184 e. The van der Waals surface area contributed by atoms with E-state index in [2.05, 4.69) is 10.4 Å². The molecule has 1 rings (SSSR count). The molecule has 0 saturated carbocycles. The summed E-state index contributed by atoms with van der Waals surface area (Å²) >= 11 is 4.84. The summed E-state index contributed by atoms with van der Waals surface area (Å²) < 4.78 is 5.30. The van der Waals surface area contributed by atoms with E-state index in [1.165, 1.54) is 15.7 Å². The molecular weight excluding hydrogens is 170 g/mol. The fraction of sp³-hybridized carbons (Fsp3) is 0.400. The highest BCUT2D eigenvalue weighted by molar-refractivity contribution is 8.00. The van der Waals surface area contributed by atoms with Crippen molar-refractivity contribution in [3.8, 4) is 0 Å². The molecule has 0 unspecified atom stereocenters. The van der Waals surface area contributed by atoms with Gasteiger partial charge in [-0.2, -0.15) is 4.37 Å². The number of thioether (sulfide) groups is 2. The van der Waals surface area contributed by atoms with Crippen LogP contribution < -0.4 is 0 Å². The van der Waals surface area contributed by atoms with Crippen LogP contribution in [-0.4, -0.2) is 16.9 Å². The molecule has 49 valence electrons. The zero-order valence-electron chi connectivity index (χ0n) is 5.17. The lowest BCUT2D eigenvalue weighted by Gasteiger charge is -1.79. The summed E-state index contributed by atoms with van der Waals surface area (Å²) in [6, 6.07) is 3.15. The third kappa shape index (κ3) is 1.88. The standard InChI is InChI=1S/C5H6NS3/c1-7-4-3-5(8-2)9-6-4/h1-2H3. The second-order valence-corrected chi connectivity index (χ2v) is 3.95. The first-order chi connectivity index (χ1) is 4.36. The Morgan fingerprint density at radius 2 is 2.22 bits per heavy atom. The molecule has 0 atom stereocenters. The van der Waals surface area contributed by atoms with Crippen LogP contribution in [0.2, 0.25) is 0 Å². The lowest BCUT2D eigenvalue weighted by Crippen LogP contribution is -1.60. The zero-order valence-corrected chi connectivity index (χ0v) is 7.62. The second kappa shape index (κ2) is 3.49. The van der Waals surface area contributed by atoms with Crippen LogP contribution in [0.5, 0.6) is 0 Å². The molecule has 0 amide bonds. The lowest BCUT2D eigenvalue weighted by molar-refractivity contribution is 1.27. The Balaban J connectivity index is 2.74. The van der Waals surface area contributed by atoms with E-state index in [0.717, 1.165) is 5.03 Å². The van der Waals surface area contributed by atoms with Crippen LogP contribution in [-0.2, 0) is 0 Å². The van der Waals surface area contributed by atoms with Crippen LogP contribution in [0, 0.1) is 6.07 Å². The number of aromatic nitrogens is 1. The SMILES string of the molecule is CSc1[c]c(SC)sn1. The van der Waals surface area contributed by atoms with E-state index in [9.17, 15) is 0 Å². The van der Waals surface area contributed by atoms with E-state index in [1.807, 2.05) is 12.5 Å². The van der Waals surface area contributed by atoms with Gasteiger partial charge >= 0.3 is 0 Å². The third-order valence-electron chi connectivity index (χ3n) is 0.799. The van der Waals surface area contributed by atoms with Gasteiger partial charge in [0, 0.05) is 6.07 Å². The molecule has 1 radical (unpaired) electrons. The van der Waals surface area contributed by atoms with Crippen molar-refractivity contribution in [1.29, 1.82) is 0 Å². The monoisotopic (exact) mass is 176 g/mol.